The molecule has 0 aliphatic rings. The van der Waals surface area contributed by atoms with E-state index in [1.807, 2.05) is 36.4 Å². The van der Waals surface area contributed by atoms with E-state index in [1.165, 1.54) is 6.20 Å². The van der Waals surface area contributed by atoms with Gasteiger partial charge < -0.3 is 5.11 Å². The molecule has 2 aromatic rings. The summed E-state index contributed by atoms with van der Waals surface area (Å²) in [5.41, 5.74) is 1.41. The van der Waals surface area contributed by atoms with Crippen molar-refractivity contribution in [2.75, 3.05) is 0 Å². The first kappa shape index (κ1) is 14.0. The Hall–Kier alpha value is -1.42. The number of nitrogens with zero attached hydrogens (tertiary/aromatic N) is 2. The van der Waals surface area contributed by atoms with Crippen molar-refractivity contribution < 1.29 is 5.11 Å². The summed E-state index contributed by atoms with van der Waals surface area (Å²) in [6, 6.07) is 9.46. The number of halogens is 2. The van der Waals surface area contributed by atoms with Crippen molar-refractivity contribution in [1.82, 2.24) is 9.97 Å². The first-order chi connectivity index (χ1) is 9.16. The van der Waals surface area contributed by atoms with Gasteiger partial charge >= 0.3 is 0 Å². The zero-order valence-corrected chi connectivity index (χ0v) is 11.5. The van der Waals surface area contributed by atoms with Crippen LogP contribution in [0.15, 0.2) is 42.6 Å². The van der Waals surface area contributed by atoms with Crippen LogP contribution in [0.1, 0.15) is 23.8 Å². The fraction of sp³-hybridized carbons (Fsp3) is 0.143. The lowest BCUT2D eigenvalue weighted by Gasteiger charge is -2.07. The molecule has 0 radical (unpaired) electrons. The third kappa shape index (κ3) is 4.03. The smallest absolute Gasteiger partial charge is 0.156 e. The number of aromatic nitrogens is 2. The van der Waals surface area contributed by atoms with Crippen LogP contribution in [0.4, 0.5) is 0 Å². The fourth-order valence-electron chi connectivity index (χ4n) is 1.59. The highest BCUT2D eigenvalue weighted by atomic mass is 35.5. The number of rotatable bonds is 4. The molecule has 1 atom stereocenters. The van der Waals surface area contributed by atoms with Crippen LogP contribution in [0.2, 0.25) is 10.3 Å². The minimum Gasteiger partial charge on any atom is -0.388 e. The molecule has 0 bridgehead atoms. The van der Waals surface area contributed by atoms with Crippen LogP contribution in [-0.2, 0) is 0 Å². The molecule has 0 unspecified atom stereocenters. The normalized spacial score (nSPS) is 12.8. The lowest BCUT2D eigenvalue weighted by Crippen LogP contribution is -1.94. The molecule has 3 nitrogen and oxygen atoms in total. The average molecular weight is 295 g/mol. The van der Waals surface area contributed by atoms with E-state index < -0.39 is 6.10 Å². The van der Waals surface area contributed by atoms with E-state index in [9.17, 15) is 5.11 Å². The Morgan fingerprint density at radius 2 is 1.95 bits per heavy atom. The molecule has 1 aromatic heterocycles. The number of aliphatic hydroxyl groups is 1. The maximum Gasteiger partial charge on any atom is 0.156 e. The Morgan fingerprint density at radius 1 is 1.21 bits per heavy atom. The molecule has 0 aliphatic carbocycles. The molecule has 0 saturated heterocycles. The standard InChI is InChI=1S/C14H12Cl2N2O/c15-13-9-17-11(14(16)18-13)7-4-8-12(19)10-5-2-1-3-6-10/h1-7,9,12,19H,8H2/b7-4+/t12-/m1/s1. The van der Waals surface area contributed by atoms with Crippen molar-refractivity contribution in [3.63, 3.8) is 0 Å². The van der Waals surface area contributed by atoms with Gasteiger partial charge in [-0.3, -0.25) is 4.98 Å². The van der Waals surface area contributed by atoms with Crippen molar-refractivity contribution in [1.29, 1.82) is 0 Å². The topological polar surface area (TPSA) is 46.0 Å². The first-order valence-corrected chi connectivity index (χ1v) is 6.50. The summed E-state index contributed by atoms with van der Waals surface area (Å²) < 4.78 is 0. The van der Waals surface area contributed by atoms with E-state index >= 15 is 0 Å². The SMILES string of the molecule is O[C@H](C/C=C/c1ncc(Cl)nc1Cl)c1ccccc1. The predicted molar refractivity (Wildman–Crippen MR) is 77.1 cm³/mol. The van der Waals surface area contributed by atoms with Gasteiger partial charge in [0.2, 0.25) is 0 Å². The highest BCUT2D eigenvalue weighted by molar-refractivity contribution is 6.33. The molecule has 2 rings (SSSR count). The molecule has 19 heavy (non-hydrogen) atoms. The third-order valence-corrected chi connectivity index (χ3v) is 3.01. The Kier molecular flexibility index (Phi) is 4.91. The molecule has 0 fully saturated rings. The largest absolute Gasteiger partial charge is 0.388 e. The van der Waals surface area contributed by atoms with Crippen LogP contribution in [0.5, 0.6) is 0 Å². The van der Waals surface area contributed by atoms with Crippen LogP contribution in [0.3, 0.4) is 0 Å². The van der Waals surface area contributed by atoms with Crippen molar-refractivity contribution in [3.8, 4) is 0 Å². The molecule has 0 amide bonds. The number of hydrogen-bond donors (Lipinski definition) is 1. The quantitative estimate of drug-likeness (QED) is 0.930. The average Bonchev–Trinajstić information content (AvgIpc) is 2.42. The van der Waals surface area contributed by atoms with E-state index in [2.05, 4.69) is 9.97 Å². The van der Waals surface area contributed by atoms with Crippen LogP contribution in [0, 0.1) is 0 Å². The Bertz CT molecular complexity index is 573. The lowest BCUT2D eigenvalue weighted by atomic mass is 10.1. The minimum atomic E-state index is -0.545. The van der Waals surface area contributed by atoms with Crippen LogP contribution in [-0.4, -0.2) is 15.1 Å². The Labute approximate surface area is 121 Å². The third-order valence-electron chi connectivity index (χ3n) is 2.55. The molecule has 1 aromatic carbocycles. The maximum absolute atomic E-state index is 9.97. The highest BCUT2D eigenvalue weighted by Gasteiger charge is 2.05. The molecule has 0 saturated carbocycles. The zero-order valence-electron chi connectivity index (χ0n) is 10.0. The number of hydrogen-bond acceptors (Lipinski definition) is 3. The van der Waals surface area contributed by atoms with Gasteiger partial charge in [-0.2, -0.15) is 0 Å². The first-order valence-electron chi connectivity index (χ1n) is 5.74. The van der Waals surface area contributed by atoms with Gasteiger partial charge in [-0.15, -0.1) is 0 Å². The van der Waals surface area contributed by atoms with Crippen molar-refractivity contribution >= 4 is 29.3 Å². The summed E-state index contributed by atoms with van der Waals surface area (Å²) in [6.07, 6.45) is 4.89. The van der Waals surface area contributed by atoms with E-state index in [4.69, 9.17) is 23.2 Å². The second kappa shape index (κ2) is 6.66. The number of benzene rings is 1. The van der Waals surface area contributed by atoms with Gasteiger partial charge in [0.15, 0.2) is 5.15 Å². The van der Waals surface area contributed by atoms with Gasteiger partial charge in [-0.1, -0.05) is 59.6 Å². The molecule has 1 N–H and O–H groups in total. The zero-order chi connectivity index (χ0) is 13.7. The summed E-state index contributed by atoms with van der Waals surface area (Å²) in [5, 5.41) is 10.5. The van der Waals surface area contributed by atoms with Crippen molar-refractivity contribution in [3.05, 3.63) is 64.2 Å². The fourth-order valence-corrected chi connectivity index (χ4v) is 1.97. The summed E-state index contributed by atoms with van der Waals surface area (Å²) >= 11 is 11.5. The summed E-state index contributed by atoms with van der Waals surface area (Å²) in [5.74, 6) is 0. The van der Waals surface area contributed by atoms with Crippen LogP contribution >= 0.6 is 23.2 Å². The van der Waals surface area contributed by atoms with Crippen LogP contribution < -0.4 is 0 Å². The van der Waals surface area contributed by atoms with Gasteiger partial charge in [0, 0.05) is 0 Å². The maximum atomic E-state index is 9.97. The second-order valence-electron chi connectivity index (χ2n) is 3.93. The molecule has 0 aliphatic heterocycles. The molecule has 98 valence electrons. The second-order valence-corrected chi connectivity index (χ2v) is 4.68. The molecule has 0 spiro atoms. The van der Waals surface area contributed by atoms with Gasteiger partial charge in [-0.05, 0) is 18.1 Å². The van der Waals surface area contributed by atoms with E-state index in [-0.39, 0.29) is 10.3 Å². The van der Waals surface area contributed by atoms with Gasteiger partial charge in [0.25, 0.3) is 0 Å². The Morgan fingerprint density at radius 3 is 2.63 bits per heavy atom. The van der Waals surface area contributed by atoms with Gasteiger partial charge in [0.1, 0.15) is 10.8 Å². The minimum absolute atomic E-state index is 0.248. The van der Waals surface area contributed by atoms with Gasteiger partial charge in [0.05, 0.1) is 12.3 Å². The summed E-state index contributed by atoms with van der Waals surface area (Å²) in [4.78, 5) is 7.94. The van der Waals surface area contributed by atoms with E-state index in [0.717, 1.165) is 5.56 Å². The molecular formula is C14H12Cl2N2O. The van der Waals surface area contributed by atoms with Gasteiger partial charge in [-0.25, -0.2) is 4.98 Å². The van der Waals surface area contributed by atoms with E-state index in [0.29, 0.717) is 12.1 Å². The van der Waals surface area contributed by atoms with Crippen LogP contribution in [0.25, 0.3) is 6.08 Å². The monoisotopic (exact) mass is 294 g/mol. The summed E-state index contributed by atoms with van der Waals surface area (Å²) in [7, 11) is 0. The molecular weight excluding hydrogens is 283 g/mol. The Balaban J connectivity index is 2.00. The summed E-state index contributed by atoms with van der Waals surface area (Å²) in [6.45, 7) is 0. The van der Waals surface area contributed by atoms with Crippen molar-refractivity contribution in [2.24, 2.45) is 0 Å². The van der Waals surface area contributed by atoms with E-state index in [1.54, 1.807) is 6.08 Å². The predicted octanol–water partition coefficient (Wildman–Crippen LogP) is 3.92. The molecule has 5 heteroatoms. The molecule has 1 heterocycles. The van der Waals surface area contributed by atoms with Crippen molar-refractivity contribution in [2.45, 2.75) is 12.5 Å². The lowest BCUT2D eigenvalue weighted by molar-refractivity contribution is 0.182. The number of aliphatic hydroxyl groups excluding tert-OH is 1. The highest BCUT2D eigenvalue weighted by Crippen LogP contribution is 2.19.